The fourth-order valence-corrected chi connectivity index (χ4v) is 4.50. The Hall–Kier alpha value is -0.610. The molecule has 0 aromatic heterocycles. The minimum Gasteiger partial charge on any atom is -0.459 e. The van der Waals surface area contributed by atoms with Crippen LogP contribution in [-0.4, -0.2) is 29.6 Å². The van der Waals surface area contributed by atoms with Gasteiger partial charge in [0.15, 0.2) is 6.29 Å². The van der Waals surface area contributed by atoms with Crippen LogP contribution in [0.4, 0.5) is 0 Å². The number of carbonyl (C=O) groups is 1. The molecule has 1 aliphatic heterocycles. The van der Waals surface area contributed by atoms with Crippen molar-refractivity contribution in [3.8, 4) is 0 Å². The predicted octanol–water partition coefficient (Wildman–Crippen LogP) is 2.73. The summed E-state index contributed by atoms with van der Waals surface area (Å²) in [4.78, 5) is 11.7. The number of esters is 1. The Morgan fingerprint density at radius 1 is 1.43 bits per heavy atom. The third-order valence-electron chi connectivity index (χ3n) is 6.03. The molecule has 1 saturated heterocycles. The number of hydrogen-bond donors (Lipinski definition) is 1. The molecule has 0 radical (unpaired) electrons. The Labute approximate surface area is 127 Å². The van der Waals surface area contributed by atoms with Crippen molar-refractivity contribution in [3.05, 3.63) is 0 Å². The normalized spacial score (nSPS) is 40.4. The lowest BCUT2D eigenvalue weighted by Gasteiger charge is -2.33. The molecular formula is C17H28O4. The van der Waals surface area contributed by atoms with Crippen molar-refractivity contribution in [2.24, 2.45) is 29.1 Å². The molecule has 7 unspecified atom stereocenters. The molecule has 0 aromatic rings. The molecule has 1 heterocycles. The fraction of sp³-hybridized carbons (Fsp3) is 0.941. The van der Waals surface area contributed by atoms with Gasteiger partial charge in [0.1, 0.15) is 12.2 Å². The highest BCUT2D eigenvalue weighted by atomic mass is 16.6. The van der Waals surface area contributed by atoms with Gasteiger partial charge in [0.25, 0.3) is 0 Å². The van der Waals surface area contributed by atoms with E-state index < -0.39 is 6.29 Å². The van der Waals surface area contributed by atoms with Crippen molar-refractivity contribution < 1.29 is 19.4 Å². The van der Waals surface area contributed by atoms with E-state index in [9.17, 15) is 9.90 Å². The second-order valence-electron chi connectivity index (χ2n) is 8.09. The van der Waals surface area contributed by atoms with Gasteiger partial charge in [-0.1, -0.05) is 34.1 Å². The van der Waals surface area contributed by atoms with Crippen molar-refractivity contribution >= 4 is 5.97 Å². The summed E-state index contributed by atoms with van der Waals surface area (Å²) >= 11 is 0. The Morgan fingerprint density at radius 3 is 2.81 bits per heavy atom. The Bertz CT molecular complexity index is 419. The van der Waals surface area contributed by atoms with Gasteiger partial charge in [-0.2, -0.15) is 0 Å². The molecular weight excluding hydrogens is 268 g/mol. The largest absolute Gasteiger partial charge is 0.459 e. The van der Waals surface area contributed by atoms with Crippen molar-refractivity contribution in [2.75, 3.05) is 0 Å². The standard InChI is InChI=1S/C17H28O4/c1-5-17(3,4)8-9(2)15(18)20-13-10-6-11-12(7-10)16(19)21-14(11)13/h9-15,18H,5-8H2,1-4H3. The van der Waals surface area contributed by atoms with Crippen molar-refractivity contribution in [3.63, 3.8) is 0 Å². The first kappa shape index (κ1) is 15.3. The Balaban J connectivity index is 1.59. The van der Waals surface area contributed by atoms with Crippen LogP contribution in [0, 0.1) is 29.1 Å². The molecule has 2 bridgehead atoms. The molecule has 2 saturated carbocycles. The van der Waals surface area contributed by atoms with Crippen LogP contribution in [0.1, 0.15) is 53.4 Å². The molecule has 4 nitrogen and oxygen atoms in total. The van der Waals surface area contributed by atoms with Crippen LogP contribution in [0.25, 0.3) is 0 Å². The van der Waals surface area contributed by atoms with Gasteiger partial charge in [-0.3, -0.25) is 4.79 Å². The molecule has 4 heteroatoms. The summed E-state index contributed by atoms with van der Waals surface area (Å²) < 4.78 is 11.4. The van der Waals surface area contributed by atoms with Gasteiger partial charge in [-0.15, -0.1) is 0 Å². The third-order valence-corrected chi connectivity index (χ3v) is 6.03. The first-order valence-corrected chi connectivity index (χ1v) is 8.36. The minimum absolute atomic E-state index is 0.0479. The quantitative estimate of drug-likeness (QED) is 0.605. The van der Waals surface area contributed by atoms with Crippen molar-refractivity contribution in [2.45, 2.75) is 71.9 Å². The first-order valence-electron chi connectivity index (χ1n) is 8.36. The van der Waals surface area contributed by atoms with Gasteiger partial charge in [0.05, 0.1) is 5.92 Å². The van der Waals surface area contributed by atoms with Gasteiger partial charge >= 0.3 is 5.97 Å². The van der Waals surface area contributed by atoms with E-state index in [0.29, 0.717) is 11.8 Å². The number of carbonyl (C=O) groups excluding carboxylic acids is 1. The Kier molecular flexibility index (Phi) is 3.81. The topological polar surface area (TPSA) is 55.8 Å². The zero-order valence-corrected chi connectivity index (χ0v) is 13.5. The van der Waals surface area contributed by atoms with E-state index in [1.165, 1.54) is 0 Å². The molecule has 0 spiro atoms. The average molecular weight is 296 g/mol. The highest BCUT2D eigenvalue weighted by molar-refractivity contribution is 5.76. The summed E-state index contributed by atoms with van der Waals surface area (Å²) in [7, 11) is 0. The van der Waals surface area contributed by atoms with Crippen LogP contribution >= 0.6 is 0 Å². The summed E-state index contributed by atoms with van der Waals surface area (Å²) in [6.45, 7) is 8.65. The zero-order valence-electron chi connectivity index (χ0n) is 13.5. The molecule has 0 amide bonds. The number of ether oxygens (including phenoxy) is 2. The number of fused-ring (bicyclic) bond motifs is 1. The van der Waals surface area contributed by atoms with Gasteiger partial charge in [0, 0.05) is 11.8 Å². The van der Waals surface area contributed by atoms with Crippen LogP contribution in [0.15, 0.2) is 0 Å². The summed E-state index contributed by atoms with van der Waals surface area (Å²) in [5.41, 5.74) is 0.212. The van der Waals surface area contributed by atoms with Gasteiger partial charge < -0.3 is 14.6 Å². The van der Waals surface area contributed by atoms with Gasteiger partial charge in [-0.25, -0.2) is 0 Å². The molecule has 21 heavy (non-hydrogen) atoms. The van der Waals surface area contributed by atoms with Crippen LogP contribution in [0.2, 0.25) is 0 Å². The molecule has 3 rings (SSSR count). The lowest BCUT2D eigenvalue weighted by Crippen LogP contribution is -2.39. The van der Waals surface area contributed by atoms with Crippen LogP contribution in [0.3, 0.4) is 0 Å². The fourth-order valence-electron chi connectivity index (χ4n) is 4.50. The highest BCUT2D eigenvalue weighted by Crippen LogP contribution is 2.55. The van der Waals surface area contributed by atoms with E-state index in [0.717, 1.165) is 25.7 Å². The maximum atomic E-state index is 11.7. The van der Waals surface area contributed by atoms with Crippen molar-refractivity contribution in [1.82, 2.24) is 0 Å². The zero-order chi connectivity index (χ0) is 15.4. The maximum absolute atomic E-state index is 11.7. The van der Waals surface area contributed by atoms with Crippen molar-refractivity contribution in [1.29, 1.82) is 0 Å². The van der Waals surface area contributed by atoms with E-state index in [1.807, 2.05) is 6.92 Å². The van der Waals surface area contributed by atoms with Crippen LogP contribution in [-0.2, 0) is 14.3 Å². The van der Waals surface area contributed by atoms with E-state index in [2.05, 4.69) is 20.8 Å². The number of aliphatic hydroxyl groups is 1. The lowest BCUT2D eigenvalue weighted by atomic mass is 9.81. The van der Waals surface area contributed by atoms with Crippen LogP contribution < -0.4 is 0 Å². The van der Waals surface area contributed by atoms with Gasteiger partial charge in [-0.05, 0) is 30.6 Å². The summed E-state index contributed by atoms with van der Waals surface area (Å²) in [6.07, 6.45) is 2.94. The predicted molar refractivity (Wildman–Crippen MR) is 78.3 cm³/mol. The monoisotopic (exact) mass is 296 g/mol. The first-order chi connectivity index (χ1) is 9.82. The number of hydrogen-bond acceptors (Lipinski definition) is 4. The smallest absolute Gasteiger partial charge is 0.309 e. The second-order valence-corrected chi connectivity index (χ2v) is 8.09. The lowest BCUT2D eigenvalue weighted by molar-refractivity contribution is -0.199. The average Bonchev–Trinajstić information content (AvgIpc) is 3.02. The number of rotatable bonds is 6. The summed E-state index contributed by atoms with van der Waals surface area (Å²) in [6, 6.07) is 0. The Morgan fingerprint density at radius 2 is 2.14 bits per heavy atom. The summed E-state index contributed by atoms with van der Waals surface area (Å²) in [5, 5.41) is 10.4. The van der Waals surface area contributed by atoms with Gasteiger partial charge in [0.2, 0.25) is 0 Å². The molecule has 120 valence electrons. The molecule has 3 aliphatic rings. The number of aliphatic hydroxyl groups excluding tert-OH is 1. The van der Waals surface area contributed by atoms with E-state index >= 15 is 0 Å². The highest BCUT2D eigenvalue weighted by Gasteiger charge is 2.62. The second kappa shape index (κ2) is 5.24. The van der Waals surface area contributed by atoms with E-state index in [1.54, 1.807) is 0 Å². The molecule has 0 aromatic carbocycles. The molecule has 7 atom stereocenters. The SMILES string of the molecule is CCC(C)(C)CC(C)C(O)OC1C2CC3C(=O)OC1C3C2. The van der Waals surface area contributed by atoms with E-state index in [-0.39, 0.29) is 35.4 Å². The maximum Gasteiger partial charge on any atom is 0.309 e. The minimum atomic E-state index is -0.766. The van der Waals surface area contributed by atoms with Crippen LogP contribution in [0.5, 0.6) is 0 Å². The molecule has 2 aliphatic carbocycles. The van der Waals surface area contributed by atoms with E-state index in [4.69, 9.17) is 9.47 Å². The molecule has 3 fully saturated rings. The summed E-state index contributed by atoms with van der Waals surface area (Å²) in [5.74, 6) is 0.869. The molecule has 1 N–H and O–H groups in total. The third kappa shape index (κ3) is 2.61.